The summed E-state index contributed by atoms with van der Waals surface area (Å²) < 4.78 is 10.4. The van der Waals surface area contributed by atoms with E-state index in [4.69, 9.17) is 9.47 Å². The molecule has 4 atom stereocenters. The lowest BCUT2D eigenvalue weighted by molar-refractivity contribution is -0.146. The first-order valence-electron chi connectivity index (χ1n) is 8.05. The Labute approximate surface area is 136 Å². The number of hydrogen-bond donors (Lipinski definition) is 1. The van der Waals surface area contributed by atoms with E-state index < -0.39 is 12.1 Å². The van der Waals surface area contributed by atoms with Crippen LogP contribution in [-0.2, 0) is 19.1 Å². The molecule has 5 nitrogen and oxygen atoms in total. The Bertz CT molecular complexity index is 520. The van der Waals surface area contributed by atoms with Gasteiger partial charge in [0.2, 0.25) is 0 Å². The molecular formula is C18H24O5. The molecule has 0 aromatic carbocycles. The molecule has 0 amide bonds. The molecule has 126 valence electrons. The molecule has 0 saturated heterocycles. The molecule has 0 unspecified atom stereocenters. The van der Waals surface area contributed by atoms with Crippen LogP contribution >= 0.6 is 0 Å². The number of esters is 2. The number of allylic oxidation sites excluding steroid dienone is 3. The van der Waals surface area contributed by atoms with Gasteiger partial charge >= 0.3 is 11.9 Å². The maximum absolute atomic E-state index is 11.7. The van der Waals surface area contributed by atoms with Gasteiger partial charge in [0.05, 0.1) is 6.10 Å². The second-order valence-corrected chi connectivity index (χ2v) is 6.16. The van der Waals surface area contributed by atoms with E-state index in [0.717, 1.165) is 12.8 Å². The highest BCUT2D eigenvalue weighted by atomic mass is 16.5. The molecule has 2 aliphatic rings. The van der Waals surface area contributed by atoms with Crippen molar-refractivity contribution in [1.82, 2.24) is 0 Å². The average molecular weight is 320 g/mol. The summed E-state index contributed by atoms with van der Waals surface area (Å²) in [5, 5.41) is 10.4. The highest BCUT2D eigenvalue weighted by Crippen LogP contribution is 2.37. The Morgan fingerprint density at radius 1 is 1.39 bits per heavy atom. The zero-order valence-corrected chi connectivity index (χ0v) is 13.4. The molecule has 0 aromatic rings. The third-order valence-corrected chi connectivity index (χ3v) is 4.28. The fraction of sp³-hybridized carbons (Fsp3) is 0.556. The summed E-state index contributed by atoms with van der Waals surface area (Å²) in [5.41, 5.74) is 0. The smallest absolute Gasteiger partial charge is 0.335 e. The van der Waals surface area contributed by atoms with E-state index in [2.05, 4.69) is 18.7 Å². The molecule has 5 heteroatoms. The molecule has 1 saturated carbocycles. The number of rotatable bonds is 1. The monoisotopic (exact) mass is 320 g/mol. The number of hydrogen-bond acceptors (Lipinski definition) is 5. The van der Waals surface area contributed by atoms with Crippen LogP contribution in [0.1, 0.15) is 39.0 Å². The van der Waals surface area contributed by atoms with Crippen LogP contribution in [0.15, 0.2) is 36.6 Å². The minimum atomic E-state index is -0.785. The first kappa shape index (κ1) is 17.5. The normalized spacial score (nSPS) is 35.0. The number of fused-ring (bicyclic) bond motifs is 1. The first-order valence-corrected chi connectivity index (χ1v) is 8.05. The minimum absolute atomic E-state index is 0.0800. The van der Waals surface area contributed by atoms with Crippen LogP contribution in [0.5, 0.6) is 0 Å². The molecular weight excluding hydrogens is 296 g/mol. The van der Waals surface area contributed by atoms with Crippen molar-refractivity contribution in [2.45, 2.75) is 51.2 Å². The molecule has 1 fully saturated rings. The van der Waals surface area contributed by atoms with Gasteiger partial charge in [-0.1, -0.05) is 18.7 Å². The summed E-state index contributed by atoms with van der Waals surface area (Å²) in [6.07, 6.45) is 9.50. The lowest BCUT2D eigenvalue weighted by Crippen LogP contribution is -2.22. The maximum atomic E-state index is 11.7. The summed E-state index contributed by atoms with van der Waals surface area (Å²) >= 11 is 0. The van der Waals surface area contributed by atoms with Crippen LogP contribution < -0.4 is 0 Å². The fourth-order valence-corrected chi connectivity index (χ4v) is 3.23. The van der Waals surface area contributed by atoms with Crippen molar-refractivity contribution in [3.05, 3.63) is 36.6 Å². The van der Waals surface area contributed by atoms with Gasteiger partial charge in [0.1, 0.15) is 11.9 Å². The SMILES string of the molecule is C=C1CCC/C=C/[C@@H]2C[C@H](OC(C)=O)C[C@H]2[C@H](O)/C=C/C(=O)O1. The van der Waals surface area contributed by atoms with E-state index in [1.807, 2.05) is 0 Å². The molecule has 1 heterocycles. The van der Waals surface area contributed by atoms with Gasteiger partial charge in [-0.05, 0) is 43.6 Å². The Kier molecular flexibility index (Phi) is 6.16. The summed E-state index contributed by atoms with van der Waals surface area (Å²) in [5.74, 6) is -0.341. The van der Waals surface area contributed by atoms with Crippen molar-refractivity contribution in [1.29, 1.82) is 0 Å². The average Bonchev–Trinajstić information content (AvgIpc) is 2.85. The number of aliphatic hydroxyl groups excluding tert-OH is 1. The van der Waals surface area contributed by atoms with E-state index in [-0.39, 0.29) is 23.9 Å². The van der Waals surface area contributed by atoms with Crippen LogP contribution in [0.3, 0.4) is 0 Å². The van der Waals surface area contributed by atoms with Crippen molar-refractivity contribution in [2.75, 3.05) is 0 Å². The predicted octanol–water partition coefficient (Wildman–Crippen LogP) is 2.66. The van der Waals surface area contributed by atoms with Crippen LogP contribution in [0.2, 0.25) is 0 Å². The Balaban J connectivity index is 2.12. The van der Waals surface area contributed by atoms with Crippen LogP contribution in [0.4, 0.5) is 0 Å². The van der Waals surface area contributed by atoms with Gasteiger partial charge in [-0.2, -0.15) is 0 Å². The van der Waals surface area contributed by atoms with Crippen molar-refractivity contribution in [2.24, 2.45) is 11.8 Å². The number of cyclic esters (lactones) is 1. The van der Waals surface area contributed by atoms with Gasteiger partial charge in [0.25, 0.3) is 0 Å². The summed E-state index contributed by atoms with van der Waals surface area (Å²) in [4.78, 5) is 22.8. The number of carbonyl (C=O) groups excluding carboxylic acids is 2. The molecule has 0 spiro atoms. The first-order chi connectivity index (χ1) is 11.0. The molecule has 1 aliphatic carbocycles. The van der Waals surface area contributed by atoms with Gasteiger partial charge in [0.15, 0.2) is 0 Å². The molecule has 1 N–H and O–H groups in total. The second kappa shape index (κ2) is 8.11. The topological polar surface area (TPSA) is 72.8 Å². The number of aliphatic hydroxyl groups is 1. The number of ether oxygens (including phenoxy) is 2. The molecule has 0 radical (unpaired) electrons. The summed E-state index contributed by atoms with van der Waals surface area (Å²) in [6.45, 7) is 5.11. The number of carbonyl (C=O) groups is 2. The van der Waals surface area contributed by atoms with Crippen molar-refractivity contribution in [3.8, 4) is 0 Å². The molecule has 2 rings (SSSR count). The molecule has 23 heavy (non-hydrogen) atoms. The Morgan fingerprint density at radius 3 is 2.91 bits per heavy atom. The van der Waals surface area contributed by atoms with Crippen molar-refractivity contribution < 1.29 is 24.2 Å². The summed E-state index contributed by atoms with van der Waals surface area (Å²) in [7, 11) is 0. The van der Waals surface area contributed by atoms with Crippen molar-refractivity contribution in [3.63, 3.8) is 0 Å². The van der Waals surface area contributed by atoms with Gasteiger partial charge in [-0.3, -0.25) is 4.79 Å². The lowest BCUT2D eigenvalue weighted by Gasteiger charge is -2.19. The van der Waals surface area contributed by atoms with Gasteiger partial charge in [-0.25, -0.2) is 4.79 Å². The minimum Gasteiger partial charge on any atom is -0.463 e. The third-order valence-electron chi connectivity index (χ3n) is 4.28. The van der Waals surface area contributed by atoms with E-state index >= 15 is 0 Å². The highest BCUT2D eigenvalue weighted by molar-refractivity contribution is 5.82. The molecule has 0 bridgehead atoms. The van der Waals surface area contributed by atoms with Crippen molar-refractivity contribution >= 4 is 11.9 Å². The Hall–Kier alpha value is -1.88. The zero-order chi connectivity index (χ0) is 16.8. The van der Waals surface area contributed by atoms with Crippen LogP contribution in [0.25, 0.3) is 0 Å². The van der Waals surface area contributed by atoms with Gasteiger partial charge in [-0.15, -0.1) is 0 Å². The van der Waals surface area contributed by atoms with E-state index in [1.165, 1.54) is 19.1 Å². The maximum Gasteiger partial charge on any atom is 0.335 e. The van der Waals surface area contributed by atoms with Crippen LogP contribution in [0, 0.1) is 11.8 Å². The van der Waals surface area contributed by atoms with Gasteiger partial charge in [0, 0.05) is 19.4 Å². The zero-order valence-electron chi connectivity index (χ0n) is 13.4. The second-order valence-electron chi connectivity index (χ2n) is 6.16. The highest BCUT2D eigenvalue weighted by Gasteiger charge is 2.37. The standard InChI is InChI=1S/C18H24O5/c1-12-6-4-3-5-7-14-10-15(23-13(2)19)11-16(14)17(20)8-9-18(21)22-12/h5,7-9,14-17,20H,1,3-4,6,10-11H2,2H3/b7-5+,9-8+/t14-,15+,16-,17-/m1/s1. The van der Waals surface area contributed by atoms with E-state index in [9.17, 15) is 14.7 Å². The fourth-order valence-electron chi connectivity index (χ4n) is 3.23. The van der Waals surface area contributed by atoms with Gasteiger partial charge < -0.3 is 14.6 Å². The van der Waals surface area contributed by atoms with Crippen LogP contribution in [-0.4, -0.2) is 29.3 Å². The van der Waals surface area contributed by atoms with E-state index in [0.29, 0.717) is 25.0 Å². The Morgan fingerprint density at radius 2 is 2.17 bits per heavy atom. The predicted molar refractivity (Wildman–Crippen MR) is 85.1 cm³/mol. The summed E-state index contributed by atoms with van der Waals surface area (Å²) in [6, 6.07) is 0. The third kappa shape index (κ3) is 5.36. The molecule has 0 aromatic heterocycles. The largest absolute Gasteiger partial charge is 0.463 e. The molecule has 1 aliphatic heterocycles. The quantitative estimate of drug-likeness (QED) is 0.594. The lowest BCUT2D eigenvalue weighted by atomic mass is 9.90. The van der Waals surface area contributed by atoms with E-state index in [1.54, 1.807) is 0 Å².